The number of carbonyl (C=O) groups excluding carboxylic acids is 1. The third kappa shape index (κ3) is 4.92. The van der Waals surface area contributed by atoms with Crippen LogP contribution in [-0.2, 0) is 0 Å². The number of amidine groups is 1. The lowest BCUT2D eigenvalue weighted by atomic mass is 10.2. The summed E-state index contributed by atoms with van der Waals surface area (Å²) < 4.78 is 5.77. The summed E-state index contributed by atoms with van der Waals surface area (Å²) in [4.78, 5) is 15.5. The Morgan fingerprint density at radius 3 is 2.41 bits per heavy atom. The second-order valence-corrected chi connectivity index (χ2v) is 4.94. The first kappa shape index (κ1) is 18.3. The molecule has 0 saturated heterocycles. The Hall–Kier alpha value is -1.74. The van der Waals surface area contributed by atoms with Gasteiger partial charge in [0.25, 0.3) is 0 Å². The van der Waals surface area contributed by atoms with Crippen molar-refractivity contribution >= 4 is 52.5 Å². The van der Waals surface area contributed by atoms with Gasteiger partial charge in [-0.3, -0.25) is 4.79 Å². The number of para-hydroxylation sites is 1. The lowest BCUT2D eigenvalue weighted by molar-refractivity contribution is 0.100. The summed E-state index contributed by atoms with van der Waals surface area (Å²) in [6, 6.07) is 14.1. The number of hydrogen-bond acceptors (Lipinski definition) is 4. The van der Waals surface area contributed by atoms with Crippen molar-refractivity contribution < 1.29 is 9.53 Å². The average molecular weight is 429 g/mol. The van der Waals surface area contributed by atoms with E-state index in [-0.39, 0.29) is 24.0 Å². The van der Waals surface area contributed by atoms with Gasteiger partial charge in [0, 0.05) is 5.56 Å². The SMILES string of the molecule is CSC(N)=Nc1cc(C(N)=O)ccc1Oc1ccccc1.I. The van der Waals surface area contributed by atoms with Gasteiger partial charge in [-0.15, -0.1) is 24.0 Å². The lowest BCUT2D eigenvalue weighted by Gasteiger charge is -2.10. The fourth-order valence-corrected chi connectivity index (χ4v) is 1.81. The maximum Gasteiger partial charge on any atom is 0.248 e. The molecule has 116 valence electrons. The van der Waals surface area contributed by atoms with Crippen molar-refractivity contribution in [3.8, 4) is 11.5 Å². The smallest absolute Gasteiger partial charge is 0.248 e. The van der Waals surface area contributed by atoms with Crippen molar-refractivity contribution in [2.75, 3.05) is 6.26 Å². The quantitative estimate of drug-likeness (QED) is 0.442. The molecule has 0 unspecified atom stereocenters. The Balaban J connectivity index is 0.00000242. The molecular weight excluding hydrogens is 413 g/mol. The maximum atomic E-state index is 11.3. The van der Waals surface area contributed by atoms with E-state index in [0.29, 0.717) is 27.9 Å². The zero-order chi connectivity index (χ0) is 15.2. The number of amides is 1. The number of primary amides is 1. The number of thioether (sulfide) groups is 1. The summed E-state index contributed by atoms with van der Waals surface area (Å²) in [7, 11) is 0. The monoisotopic (exact) mass is 429 g/mol. The molecule has 1 amide bonds. The number of ether oxygens (including phenoxy) is 1. The van der Waals surface area contributed by atoms with E-state index in [2.05, 4.69) is 4.99 Å². The predicted molar refractivity (Wildman–Crippen MR) is 102 cm³/mol. The van der Waals surface area contributed by atoms with Crippen LogP contribution in [0.25, 0.3) is 0 Å². The minimum Gasteiger partial charge on any atom is -0.455 e. The van der Waals surface area contributed by atoms with Gasteiger partial charge < -0.3 is 16.2 Å². The maximum absolute atomic E-state index is 11.3. The molecule has 0 aliphatic rings. The van der Waals surface area contributed by atoms with Gasteiger partial charge in [-0.05, 0) is 36.6 Å². The number of rotatable bonds is 4. The van der Waals surface area contributed by atoms with Crippen LogP contribution in [0.1, 0.15) is 10.4 Å². The Labute approximate surface area is 150 Å². The van der Waals surface area contributed by atoms with E-state index in [9.17, 15) is 4.79 Å². The second kappa shape index (κ2) is 8.64. The molecule has 2 rings (SSSR count). The van der Waals surface area contributed by atoms with Crippen molar-refractivity contribution in [2.24, 2.45) is 16.5 Å². The molecule has 22 heavy (non-hydrogen) atoms. The standard InChI is InChI=1S/C15H15N3O2S.HI/c1-21-15(17)18-12-9-10(14(16)19)7-8-13(12)20-11-5-3-2-4-6-11;/h2-9H,1H3,(H2,16,19)(H2,17,18);1H. The molecule has 2 aromatic rings. The first-order valence-electron chi connectivity index (χ1n) is 6.15. The summed E-state index contributed by atoms with van der Waals surface area (Å²) in [6.45, 7) is 0. The van der Waals surface area contributed by atoms with E-state index in [1.54, 1.807) is 18.2 Å². The van der Waals surface area contributed by atoms with Crippen LogP contribution in [0.5, 0.6) is 11.5 Å². The minimum atomic E-state index is -0.527. The lowest BCUT2D eigenvalue weighted by Crippen LogP contribution is -2.11. The fraction of sp³-hybridized carbons (Fsp3) is 0.0667. The summed E-state index contributed by atoms with van der Waals surface area (Å²) in [6.07, 6.45) is 1.81. The van der Waals surface area contributed by atoms with Gasteiger partial charge in [0.1, 0.15) is 11.4 Å². The van der Waals surface area contributed by atoms with Gasteiger partial charge in [0.15, 0.2) is 10.9 Å². The summed E-state index contributed by atoms with van der Waals surface area (Å²) in [5, 5.41) is 0.370. The second-order valence-electron chi connectivity index (χ2n) is 4.12. The number of halogens is 1. The van der Waals surface area contributed by atoms with E-state index in [4.69, 9.17) is 16.2 Å². The summed E-state index contributed by atoms with van der Waals surface area (Å²) >= 11 is 1.30. The molecular formula is C15H16IN3O2S. The Morgan fingerprint density at radius 1 is 1.14 bits per heavy atom. The number of nitrogens with two attached hydrogens (primary N) is 2. The van der Waals surface area contributed by atoms with Crippen LogP contribution in [0, 0.1) is 0 Å². The van der Waals surface area contributed by atoms with E-state index in [0.717, 1.165) is 0 Å². The van der Waals surface area contributed by atoms with Gasteiger partial charge in [-0.1, -0.05) is 30.0 Å². The average Bonchev–Trinajstić information content (AvgIpc) is 2.49. The van der Waals surface area contributed by atoms with E-state index >= 15 is 0 Å². The molecule has 0 fully saturated rings. The van der Waals surface area contributed by atoms with Gasteiger partial charge in [0.05, 0.1) is 0 Å². The zero-order valence-corrected chi connectivity index (χ0v) is 15.0. The number of hydrogen-bond donors (Lipinski definition) is 2. The van der Waals surface area contributed by atoms with Gasteiger partial charge in [-0.25, -0.2) is 4.99 Å². The molecule has 7 heteroatoms. The molecule has 0 atom stereocenters. The van der Waals surface area contributed by atoms with Crippen LogP contribution in [-0.4, -0.2) is 17.3 Å². The molecule has 4 N–H and O–H groups in total. The van der Waals surface area contributed by atoms with Gasteiger partial charge >= 0.3 is 0 Å². The molecule has 2 aromatic carbocycles. The summed E-state index contributed by atoms with van der Waals surface area (Å²) in [5.74, 6) is 0.645. The third-order valence-electron chi connectivity index (χ3n) is 2.65. The van der Waals surface area contributed by atoms with Crippen LogP contribution < -0.4 is 16.2 Å². The van der Waals surface area contributed by atoms with Crippen LogP contribution >= 0.6 is 35.7 Å². The molecule has 0 spiro atoms. The molecule has 5 nitrogen and oxygen atoms in total. The number of carbonyl (C=O) groups is 1. The number of benzene rings is 2. The van der Waals surface area contributed by atoms with Crippen molar-refractivity contribution in [1.82, 2.24) is 0 Å². The molecule has 0 aliphatic heterocycles. The van der Waals surface area contributed by atoms with E-state index < -0.39 is 5.91 Å². The first-order valence-corrected chi connectivity index (χ1v) is 7.37. The molecule has 0 bridgehead atoms. The van der Waals surface area contributed by atoms with Crippen molar-refractivity contribution in [1.29, 1.82) is 0 Å². The molecule has 0 radical (unpaired) electrons. The normalized spacial score (nSPS) is 10.7. The zero-order valence-electron chi connectivity index (χ0n) is 11.9. The number of nitrogens with zero attached hydrogens (tertiary/aromatic N) is 1. The molecule has 0 saturated carbocycles. The third-order valence-corrected chi connectivity index (χ3v) is 3.16. The largest absolute Gasteiger partial charge is 0.455 e. The molecule has 0 aliphatic carbocycles. The van der Waals surface area contributed by atoms with Gasteiger partial charge in [0.2, 0.25) is 5.91 Å². The van der Waals surface area contributed by atoms with Crippen molar-refractivity contribution in [3.05, 3.63) is 54.1 Å². The Bertz CT molecular complexity index is 678. The Morgan fingerprint density at radius 2 is 1.82 bits per heavy atom. The number of aliphatic imine (C=N–C) groups is 1. The van der Waals surface area contributed by atoms with Crippen LogP contribution in [0.15, 0.2) is 53.5 Å². The van der Waals surface area contributed by atoms with Crippen molar-refractivity contribution in [3.63, 3.8) is 0 Å². The topological polar surface area (TPSA) is 90.7 Å². The highest BCUT2D eigenvalue weighted by molar-refractivity contribution is 14.0. The highest BCUT2D eigenvalue weighted by atomic mass is 127. The highest BCUT2D eigenvalue weighted by Gasteiger charge is 2.09. The molecule has 0 aromatic heterocycles. The summed E-state index contributed by atoms with van der Waals surface area (Å²) in [5.41, 5.74) is 11.8. The Kier molecular flexibility index (Phi) is 7.19. The van der Waals surface area contributed by atoms with E-state index in [1.807, 2.05) is 36.6 Å². The predicted octanol–water partition coefficient (Wildman–Crippen LogP) is 3.51. The minimum absolute atomic E-state index is 0. The van der Waals surface area contributed by atoms with Crippen LogP contribution in [0.4, 0.5) is 5.69 Å². The van der Waals surface area contributed by atoms with Gasteiger partial charge in [-0.2, -0.15) is 0 Å². The fourth-order valence-electron chi connectivity index (χ4n) is 1.62. The molecule has 0 heterocycles. The van der Waals surface area contributed by atoms with Crippen molar-refractivity contribution in [2.45, 2.75) is 0 Å². The first-order chi connectivity index (χ1) is 10.1. The highest BCUT2D eigenvalue weighted by Crippen LogP contribution is 2.33. The van der Waals surface area contributed by atoms with E-state index in [1.165, 1.54) is 11.8 Å². The van der Waals surface area contributed by atoms with Crippen LogP contribution in [0.3, 0.4) is 0 Å². The van der Waals surface area contributed by atoms with Crippen LogP contribution in [0.2, 0.25) is 0 Å².